The highest BCUT2D eigenvalue weighted by molar-refractivity contribution is 5.77. The van der Waals surface area contributed by atoms with E-state index < -0.39 is 5.97 Å². The maximum atomic E-state index is 12.7. The summed E-state index contributed by atoms with van der Waals surface area (Å²) >= 11 is 0. The summed E-state index contributed by atoms with van der Waals surface area (Å²) in [4.78, 5) is 34.0. The molecule has 1 aliphatic rings. The van der Waals surface area contributed by atoms with Gasteiger partial charge in [-0.05, 0) is 35.8 Å². The molecule has 2 aromatic rings. The van der Waals surface area contributed by atoms with E-state index in [1.165, 1.54) is 0 Å². The van der Waals surface area contributed by atoms with E-state index in [4.69, 9.17) is 4.74 Å². The monoisotopic (exact) mass is 401 g/mol. The third-order valence-corrected chi connectivity index (χ3v) is 5.56. The van der Waals surface area contributed by atoms with Crippen molar-refractivity contribution >= 4 is 22.9 Å². The van der Waals surface area contributed by atoms with Crippen molar-refractivity contribution < 1.29 is 19.4 Å². The van der Waals surface area contributed by atoms with Crippen LogP contribution in [-0.4, -0.2) is 52.1 Å². The Morgan fingerprint density at radius 2 is 2.07 bits per heavy atom. The van der Waals surface area contributed by atoms with E-state index >= 15 is 0 Å². The molecule has 3 rings (SSSR count). The predicted octanol–water partition coefficient (Wildman–Crippen LogP) is 3.49. The number of likely N-dealkylation sites (tertiary alicyclic amines) is 1. The minimum atomic E-state index is -0.788. The van der Waals surface area contributed by atoms with Crippen LogP contribution in [-0.2, 0) is 16.0 Å². The average molecular weight is 402 g/mol. The first-order valence-electron chi connectivity index (χ1n) is 10.2. The van der Waals surface area contributed by atoms with Crippen molar-refractivity contribution in [3.8, 4) is 5.75 Å². The molecule has 7 nitrogen and oxygen atoms in total. The van der Waals surface area contributed by atoms with Crippen LogP contribution in [0.3, 0.4) is 0 Å². The van der Waals surface area contributed by atoms with Gasteiger partial charge in [0.15, 0.2) is 0 Å². The summed E-state index contributed by atoms with van der Waals surface area (Å²) in [7, 11) is 1.63. The van der Waals surface area contributed by atoms with Crippen LogP contribution in [0.25, 0.3) is 11.0 Å². The van der Waals surface area contributed by atoms with Crippen molar-refractivity contribution in [3.05, 3.63) is 24.0 Å². The summed E-state index contributed by atoms with van der Waals surface area (Å²) in [5, 5.41) is 9.33. The van der Waals surface area contributed by atoms with Gasteiger partial charge in [0.25, 0.3) is 0 Å². The number of fused-ring (bicyclic) bond motifs is 1. The van der Waals surface area contributed by atoms with E-state index in [0.29, 0.717) is 32.4 Å². The standard InChI is InChI=1S/C22H31N3O4/c1-22(2,3)12-20(26)25-8-7-14(10-21(27)28)15(13-25)9-19-23-17-6-5-16(29-4)11-18(17)24-19/h5-6,11,14-15H,7-10,12-13H2,1-4H3,(H,23,24)(H,27,28). The van der Waals surface area contributed by atoms with Crippen molar-refractivity contribution in [2.24, 2.45) is 17.3 Å². The molecule has 1 aromatic heterocycles. The van der Waals surface area contributed by atoms with Crippen molar-refractivity contribution in [2.75, 3.05) is 20.2 Å². The number of carboxylic acids is 1. The number of aliphatic carboxylic acids is 1. The number of amides is 1. The van der Waals surface area contributed by atoms with Gasteiger partial charge in [-0.15, -0.1) is 0 Å². The number of methoxy groups -OCH3 is 1. The Morgan fingerprint density at radius 1 is 1.31 bits per heavy atom. The molecule has 158 valence electrons. The van der Waals surface area contributed by atoms with Gasteiger partial charge in [-0.2, -0.15) is 0 Å². The van der Waals surface area contributed by atoms with Crippen molar-refractivity contribution in [2.45, 2.75) is 46.5 Å². The van der Waals surface area contributed by atoms with Crippen LogP contribution < -0.4 is 4.74 Å². The third-order valence-electron chi connectivity index (χ3n) is 5.56. The molecule has 1 fully saturated rings. The Kier molecular flexibility index (Phi) is 6.15. The fourth-order valence-corrected chi connectivity index (χ4v) is 4.11. The van der Waals surface area contributed by atoms with Crippen molar-refractivity contribution in [3.63, 3.8) is 0 Å². The number of carbonyl (C=O) groups excluding carboxylic acids is 1. The molecule has 0 bridgehead atoms. The normalized spacial score (nSPS) is 20.1. The molecule has 0 saturated carbocycles. The molecule has 2 heterocycles. The number of piperidine rings is 1. The second-order valence-corrected chi connectivity index (χ2v) is 9.25. The number of aromatic nitrogens is 2. The van der Waals surface area contributed by atoms with Gasteiger partial charge >= 0.3 is 5.97 Å². The van der Waals surface area contributed by atoms with Crippen LogP contribution in [0.5, 0.6) is 5.75 Å². The van der Waals surface area contributed by atoms with Gasteiger partial charge < -0.3 is 19.7 Å². The Morgan fingerprint density at radius 3 is 2.72 bits per heavy atom. The minimum Gasteiger partial charge on any atom is -0.497 e. The van der Waals surface area contributed by atoms with Gasteiger partial charge in [-0.1, -0.05) is 20.8 Å². The Hall–Kier alpha value is -2.57. The van der Waals surface area contributed by atoms with Crippen LogP contribution in [0.1, 0.15) is 45.9 Å². The lowest BCUT2D eigenvalue weighted by Gasteiger charge is -2.39. The number of carboxylic acid groups (broad SMARTS) is 1. The van der Waals surface area contributed by atoms with Crippen LogP contribution in [0.4, 0.5) is 0 Å². The van der Waals surface area contributed by atoms with Crippen molar-refractivity contribution in [1.82, 2.24) is 14.9 Å². The van der Waals surface area contributed by atoms with Gasteiger partial charge in [-0.3, -0.25) is 9.59 Å². The topological polar surface area (TPSA) is 95.5 Å². The van der Waals surface area contributed by atoms with Crippen LogP contribution >= 0.6 is 0 Å². The highest BCUT2D eigenvalue weighted by atomic mass is 16.5. The number of aromatic amines is 1. The van der Waals surface area contributed by atoms with Gasteiger partial charge in [-0.25, -0.2) is 4.98 Å². The van der Waals surface area contributed by atoms with Crippen LogP contribution in [0.15, 0.2) is 18.2 Å². The Balaban J connectivity index is 1.77. The van der Waals surface area contributed by atoms with Gasteiger partial charge in [0.2, 0.25) is 5.91 Å². The lowest BCUT2D eigenvalue weighted by molar-refractivity contribution is -0.140. The number of nitrogens with one attached hydrogen (secondary N) is 1. The molecule has 0 radical (unpaired) electrons. The zero-order valence-corrected chi connectivity index (χ0v) is 17.7. The third kappa shape index (κ3) is 5.49. The average Bonchev–Trinajstić information content (AvgIpc) is 3.02. The molecule has 1 aliphatic heterocycles. The van der Waals surface area contributed by atoms with E-state index in [2.05, 4.69) is 30.7 Å². The number of hydrogen-bond acceptors (Lipinski definition) is 4. The molecule has 29 heavy (non-hydrogen) atoms. The largest absolute Gasteiger partial charge is 0.497 e. The zero-order chi connectivity index (χ0) is 21.2. The molecular formula is C22H31N3O4. The molecule has 2 atom stereocenters. The molecule has 7 heteroatoms. The van der Waals surface area contributed by atoms with Crippen molar-refractivity contribution in [1.29, 1.82) is 0 Å². The molecule has 0 spiro atoms. The second-order valence-electron chi connectivity index (χ2n) is 9.25. The Bertz CT molecular complexity index is 884. The summed E-state index contributed by atoms with van der Waals surface area (Å²) < 4.78 is 5.27. The number of hydrogen-bond donors (Lipinski definition) is 2. The maximum Gasteiger partial charge on any atom is 0.303 e. The second kappa shape index (κ2) is 8.43. The number of ether oxygens (including phenoxy) is 1. The summed E-state index contributed by atoms with van der Waals surface area (Å²) in [5.74, 6) is 1.03. The zero-order valence-electron chi connectivity index (χ0n) is 17.7. The van der Waals surface area contributed by atoms with E-state index in [9.17, 15) is 14.7 Å². The fourth-order valence-electron chi connectivity index (χ4n) is 4.11. The fraction of sp³-hybridized carbons (Fsp3) is 0.591. The number of nitrogens with zero attached hydrogens (tertiary/aromatic N) is 2. The first-order chi connectivity index (χ1) is 13.6. The SMILES string of the molecule is COc1ccc2nc(CC3CN(C(=O)CC(C)(C)C)CCC3CC(=O)O)[nH]c2c1. The molecule has 2 N–H and O–H groups in total. The number of carbonyl (C=O) groups is 2. The highest BCUT2D eigenvalue weighted by Crippen LogP contribution is 2.31. The summed E-state index contributed by atoms with van der Waals surface area (Å²) in [6.45, 7) is 7.38. The summed E-state index contributed by atoms with van der Waals surface area (Å²) in [6.07, 6.45) is 1.95. The molecule has 0 aliphatic carbocycles. The maximum absolute atomic E-state index is 12.7. The molecule has 1 aromatic carbocycles. The predicted molar refractivity (Wildman–Crippen MR) is 111 cm³/mol. The van der Waals surface area contributed by atoms with E-state index in [1.807, 2.05) is 23.1 Å². The van der Waals surface area contributed by atoms with E-state index in [1.54, 1.807) is 7.11 Å². The molecule has 1 amide bonds. The summed E-state index contributed by atoms with van der Waals surface area (Å²) in [5.41, 5.74) is 1.68. The molecule has 1 saturated heterocycles. The lowest BCUT2D eigenvalue weighted by Crippen LogP contribution is -2.46. The molecular weight excluding hydrogens is 370 g/mol. The van der Waals surface area contributed by atoms with Crippen LogP contribution in [0.2, 0.25) is 0 Å². The number of rotatable bonds is 6. The molecule has 2 unspecified atom stereocenters. The van der Waals surface area contributed by atoms with Crippen LogP contribution in [0, 0.1) is 17.3 Å². The first kappa shape index (κ1) is 21.1. The quantitative estimate of drug-likeness (QED) is 0.772. The number of H-pyrrole nitrogens is 1. The number of imidazole rings is 1. The van der Waals surface area contributed by atoms with E-state index in [0.717, 1.165) is 22.6 Å². The van der Waals surface area contributed by atoms with Gasteiger partial charge in [0, 0.05) is 38.4 Å². The lowest BCUT2D eigenvalue weighted by atomic mass is 9.80. The summed E-state index contributed by atoms with van der Waals surface area (Å²) in [6, 6.07) is 5.68. The number of benzene rings is 1. The Labute approximate surface area is 171 Å². The van der Waals surface area contributed by atoms with Gasteiger partial charge in [0.1, 0.15) is 11.6 Å². The van der Waals surface area contributed by atoms with Gasteiger partial charge in [0.05, 0.1) is 18.1 Å². The first-order valence-corrected chi connectivity index (χ1v) is 10.2. The van der Waals surface area contributed by atoms with E-state index in [-0.39, 0.29) is 29.6 Å². The highest BCUT2D eigenvalue weighted by Gasteiger charge is 2.34. The minimum absolute atomic E-state index is 0.0361. The smallest absolute Gasteiger partial charge is 0.303 e.